The number of hydrogen-bond acceptors (Lipinski definition) is 4. The van der Waals surface area contributed by atoms with Crippen LogP contribution in [0, 0.1) is 0 Å². The first-order chi connectivity index (χ1) is 7.00. The van der Waals surface area contributed by atoms with E-state index >= 15 is 0 Å². The zero-order chi connectivity index (χ0) is 11.4. The minimum atomic E-state index is -0.342. The van der Waals surface area contributed by atoms with E-state index < -0.39 is 0 Å². The number of likely N-dealkylation sites (N-methyl/N-ethyl adjacent to an activating group) is 1. The van der Waals surface area contributed by atoms with E-state index in [0.717, 1.165) is 0 Å². The summed E-state index contributed by atoms with van der Waals surface area (Å²) in [6, 6.07) is 1.23. The molecule has 0 spiro atoms. The summed E-state index contributed by atoms with van der Waals surface area (Å²) in [5, 5.41) is 3.28. The van der Waals surface area contributed by atoms with Gasteiger partial charge in [0.15, 0.2) is 0 Å². The maximum atomic E-state index is 11.5. The van der Waals surface area contributed by atoms with Crippen LogP contribution in [0.25, 0.3) is 0 Å². The van der Waals surface area contributed by atoms with Crippen LogP contribution in [0.2, 0.25) is 5.15 Å². The van der Waals surface area contributed by atoms with Crippen molar-refractivity contribution in [2.45, 2.75) is 13.0 Å². The third-order valence-corrected chi connectivity index (χ3v) is 2.02. The van der Waals surface area contributed by atoms with Crippen molar-refractivity contribution in [2.75, 3.05) is 19.4 Å². The van der Waals surface area contributed by atoms with Crippen molar-refractivity contribution in [1.29, 1.82) is 0 Å². The largest absolute Gasteiger partial charge is 0.358 e. The molecule has 0 bridgehead atoms. The molecule has 1 aromatic heterocycles. The van der Waals surface area contributed by atoms with Crippen molar-refractivity contribution < 1.29 is 4.79 Å². The van der Waals surface area contributed by atoms with Crippen LogP contribution in [0.3, 0.4) is 0 Å². The lowest BCUT2D eigenvalue weighted by molar-refractivity contribution is -0.129. The Kier molecular flexibility index (Phi) is 3.85. The van der Waals surface area contributed by atoms with Gasteiger partial charge in [-0.25, -0.2) is 9.97 Å². The molecule has 0 aliphatic heterocycles. The van der Waals surface area contributed by atoms with Gasteiger partial charge >= 0.3 is 0 Å². The van der Waals surface area contributed by atoms with E-state index in [1.54, 1.807) is 27.1 Å². The Morgan fingerprint density at radius 3 is 2.73 bits per heavy atom. The number of nitrogens with one attached hydrogen (secondary N) is 1. The Labute approximate surface area is 93.5 Å². The summed E-state index contributed by atoms with van der Waals surface area (Å²) >= 11 is 5.68. The molecule has 6 heteroatoms. The zero-order valence-corrected chi connectivity index (χ0v) is 9.62. The molecule has 0 aromatic carbocycles. The second-order valence-corrected chi connectivity index (χ2v) is 3.71. The van der Waals surface area contributed by atoms with Gasteiger partial charge in [0.2, 0.25) is 5.91 Å². The van der Waals surface area contributed by atoms with E-state index in [0.29, 0.717) is 11.0 Å². The number of nitrogens with zero attached hydrogens (tertiary/aromatic N) is 3. The average molecular weight is 229 g/mol. The topological polar surface area (TPSA) is 58.1 Å². The molecule has 1 rings (SSSR count). The van der Waals surface area contributed by atoms with Gasteiger partial charge in [-0.1, -0.05) is 11.6 Å². The first-order valence-corrected chi connectivity index (χ1v) is 4.83. The van der Waals surface area contributed by atoms with Gasteiger partial charge < -0.3 is 10.2 Å². The number of aromatic nitrogens is 2. The number of halogens is 1. The first kappa shape index (κ1) is 11.7. The number of anilines is 1. The summed E-state index contributed by atoms with van der Waals surface area (Å²) in [4.78, 5) is 20.7. The highest BCUT2D eigenvalue weighted by atomic mass is 35.5. The third kappa shape index (κ3) is 3.36. The van der Waals surface area contributed by atoms with Crippen LogP contribution in [0.4, 0.5) is 5.82 Å². The second kappa shape index (κ2) is 4.93. The predicted octanol–water partition coefficient (Wildman–Crippen LogP) is 1.02. The molecule has 1 amide bonds. The average Bonchev–Trinajstić information content (AvgIpc) is 2.16. The lowest BCUT2D eigenvalue weighted by Crippen LogP contribution is -2.36. The fourth-order valence-electron chi connectivity index (χ4n) is 1.08. The van der Waals surface area contributed by atoms with Crippen LogP contribution in [-0.4, -0.2) is 40.9 Å². The summed E-state index contributed by atoms with van der Waals surface area (Å²) in [6.07, 6.45) is 1.34. The molecule has 0 radical (unpaired) electrons. The molecule has 0 aliphatic carbocycles. The SMILES string of the molecule is CC(Nc1cc(Cl)ncn1)C(=O)N(C)C. The molecule has 1 N–H and O–H groups in total. The van der Waals surface area contributed by atoms with Gasteiger partial charge in [0.1, 0.15) is 23.3 Å². The highest BCUT2D eigenvalue weighted by Gasteiger charge is 2.14. The minimum absolute atomic E-state index is 0.0234. The van der Waals surface area contributed by atoms with Crippen LogP contribution < -0.4 is 5.32 Å². The van der Waals surface area contributed by atoms with E-state index in [9.17, 15) is 4.79 Å². The Morgan fingerprint density at radius 1 is 1.53 bits per heavy atom. The number of carbonyl (C=O) groups excluding carboxylic acids is 1. The van der Waals surface area contributed by atoms with Crippen LogP contribution in [0.15, 0.2) is 12.4 Å². The molecular formula is C9H13ClN4O. The summed E-state index contributed by atoms with van der Waals surface area (Å²) in [7, 11) is 3.40. The predicted molar refractivity (Wildman–Crippen MR) is 58.8 cm³/mol. The van der Waals surface area contributed by atoms with Crippen molar-refractivity contribution in [3.05, 3.63) is 17.5 Å². The molecule has 1 unspecified atom stereocenters. The van der Waals surface area contributed by atoms with Crippen molar-refractivity contribution in [2.24, 2.45) is 0 Å². The lowest BCUT2D eigenvalue weighted by Gasteiger charge is -2.18. The van der Waals surface area contributed by atoms with Gasteiger partial charge in [-0.3, -0.25) is 4.79 Å². The molecule has 1 aromatic rings. The molecule has 1 atom stereocenters. The second-order valence-electron chi connectivity index (χ2n) is 3.32. The van der Waals surface area contributed by atoms with Gasteiger partial charge in [-0.2, -0.15) is 0 Å². The van der Waals surface area contributed by atoms with Gasteiger partial charge in [-0.15, -0.1) is 0 Å². The van der Waals surface area contributed by atoms with Gasteiger partial charge in [0.25, 0.3) is 0 Å². The quantitative estimate of drug-likeness (QED) is 0.785. The molecule has 0 saturated carbocycles. The smallest absolute Gasteiger partial charge is 0.244 e. The highest BCUT2D eigenvalue weighted by molar-refractivity contribution is 6.29. The molecule has 0 fully saturated rings. The van der Waals surface area contributed by atoms with Crippen LogP contribution in [0.1, 0.15) is 6.92 Å². The van der Waals surface area contributed by atoms with Crippen LogP contribution in [-0.2, 0) is 4.79 Å². The lowest BCUT2D eigenvalue weighted by atomic mass is 10.3. The molecule has 82 valence electrons. The molecule has 0 saturated heterocycles. The normalized spacial score (nSPS) is 12.0. The monoisotopic (exact) mass is 228 g/mol. The van der Waals surface area contributed by atoms with Gasteiger partial charge in [-0.05, 0) is 6.92 Å². The Hall–Kier alpha value is -1.36. The van der Waals surface area contributed by atoms with Gasteiger partial charge in [0, 0.05) is 20.2 Å². The van der Waals surface area contributed by atoms with Crippen molar-refractivity contribution in [3.63, 3.8) is 0 Å². The number of amides is 1. The number of rotatable bonds is 3. The van der Waals surface area contributed by atoms with E-state index in [-0.39, 0.29) is 11.9 Å². The van der Waals surface area contributed by atoms with Crippen molar-refractivity contribution in [3.8, 4) is 0 Å². The zero-order valence-electron chi connectivity index (χ0n) is 8.86. The highest BCUT2D eigenvalue weighted by Crippen LogP contribution is 2.09. The van der Waals surface area contributed by atoms with Crippen LogP contribution in [0.5, 0.6) is 0 Å². The number of carbonyl (C=O) groups is 1. The Balaban J connectivity index is 2.66. The molecule has 1 heterocycles. The summed E-state index contributed by atoms with van der Waals surface area (Å²) < 4.78 is 0. The summed E-state index contributed by atoms with van der Waals surface area (Å²) in [5.74, 6) is 0.516. The van der Waals surface area contributed by atoms with E-state index in [4.69, 9.17) is 11.6 Å². The van der Waals surface area contributed by atoms with E-state index in [1.165, 1.54) is 11.2 Å². The molecule has 0 aliphatic rings. The molecule has 15 heavy (non-hydrogen) atoms. The minimum Gasteiger partial charge on any atom is -0.358 e. The van der Waals surface area contributed by atoms with Gasteiger partial charge in [0.05, 0.1) is 0 Å². The molecule has 5 nitrogen and oxygen atoms in total. The van der Waals surface area contributed by atoms with E-state index in [1.807, 2.05) is 0 Å². The fourth-order valence-corrected chi connectivity index (χ4v) is 1.23. The first-order valence-electron chi connectivity index (χ1n) is 4.46. The summed E-state index contributed by atoms with van der Waals surface area (Å²) in [5.41, 5.74) is 0. The van der Waals surface area contributed by atoms with Crippen LogP contribution >= 0.6 is 11.6 Å². The van der Waals surface area contributed by atoms with E-state index in [2.05, 4.69) is 15.3 Å². The summed E-state index contributed by atoms with van der Waals surface area (Å²) in [6.45, 7) is 1.76. The van der Waals surface area contributed by atoms with Crippen molar-refractivity contribution in [1.82, 2.24) is 14.9 Å². The third-order valence-electron chi connectivity index (χ3n) is 1.81. The van der Waals surface area contributed by atoms with Crippen molar-refractivity contribution >= 4 is 23.3 Å². The maximum Gasteiger partial charge on any atom is 0.244 e. The molecular weight excluding hydrogens is 216 g/mol. The Bertz CT molecular complexity index is 356. The standard InChI is InChI=1S/C9H13ClN4O/c1-6(9(15)14(2)3)13-8-4-7(10)11-5-12-8/h4-6H,1-3H3,(H,11,12,13). The fraction of sp³-hybridized carbons (Fsp3) is 0.444. The number of hydrogen-bond donors (Lipinski definition) is 1. The Morgan fingerprint density at radius 2 is 2.20 bits per heavy atom. The maximum absolute atomic E-state index is 11.5.